The van der Waals surface area contributed by atoms with E-state index in [2.05, 4.69) is 13.8 Å². The van der Waals surface area contributed by atoms with Crippen LogP contribution < -0.4 is 10.0 Å². The lowest BCUT2D eigenvalue weighted by molar-refractivity contribution is -0.117. The number of primary amides is 1. The minimum atomic E-state index is -3.77. The van der Waals surface area contributed by atoms with Gasteiger partial charge in [-0.25, -0.2) is 8.42 Å². The third-order valence-electron chi connectivity index (χ3n) is 3.76. The van der Waals surface area contributed by atoms with Crippen molar-refractivity contribution in [2.24, 2.45) is 11.7 Å². The first-order valence-corrected chi connectivity index (χ1v) is 9.69. The van der Waals surface area contributed by atoms with Crippen molar-refractivity contribution in [1.29, 1.82) is 0 Å². The molecule has 2 rings (SSSR count). The van der Waals surface area contributed by atoms with E-state index in [9.17, 15) is 13.2 Å². The predicted octanol–water partition coefficient (Wildman–Crippen LogP) is 2.96. The Morgan fingerprint density at radius 3 is 2.16 bits per heavy atom. The molecule has 0 aromatic heterocycles. The van der Waals surface area contributed by atoms with Gasteiger partial charge in [-0.1, -0.05) is 44.2 Å². The molecule has 0 heterocycles. The van der Waals surface area contributed by atoms with Gasteiger partial charge in [0.2, 0.25) is 5.91 Å². The number of nitrogens with two attached hydrogens (primary N) is 1. The fourth-order valence-corrected chi connectivity index (χ4v) is 4.06. The zero-order valence-corrected chi connectivity index (χ0v) is 15.4. The Labute approximate surface area is 149 Å². The van der Waals surface area contributed by atoms with Crippen LogP contribution in [0.4, 0.5) is 5.69 Å². The molecule has 134 valence electrons. The van der Waals surface area contributed by atoms with Gasteiger partial charge < -0.3 is 5.73 Å². The van der Waals surface area contributed by atoms with E-state index in [0.29, 0.717) is 11.6 Å². The molecule has 2 N–H and O–H groups in total. The monoisotopic (exact) mass is 360 g/mol. The van der Waals surface area contributed by atoms with Gasteiger partial charge in [-0.2, -0.15) is 0 Å². The lowest BCUT2D eigenvalue weighted by Crippen LogP contribution is -2.34. The second-order valence-corrected chi connectivity index (χ2v) is 8.23. The molecule has 2 aromatic carbocycles. The first-order chi connectivity index (χ1) is 11.8. The molecule has 0 aliphatic heterocycles. The molecule has 0 radical (unpaired) electrons. The molecular weight excluding hydrogens is 336 g/mol. The zero-order chi connectivity index (χ0) is 18.4. The maximum Gasteiger partial charge on any atom is 0.264 e. The minimum absolute atomic E-state index is 0.00935. The van der Waals surface area contributed by atoms with E-state index < -0.39 is 15.9 Å². The van der Waals surface area contributed by atoms with Crippen LogP contribution in [0.15, 0.2) is 59.5 Å². The Balaban J connectivity index is 2.35. The summed E-state index contributed by atoms with van der Waals surface area (Å²) in [6.07, 6.45) is 0.851. The number of benzene rings is 2. The molecule has 6 heteroatoms. The molecule has 0 atom stereocenters. The molecular formula is C19H24N2O3S. The van der Waals surface area contributed by atoms with Crippen LogP contribution in [0.25, 0.3) is 0 Å². The van der Waals surface area contributed by atoms with Gasteiger partial charge in [-0.15, -0.1) is 0 Å². The van der Waals surface area contributed by atoms with Gasteiger partial charge in [-0.3, -0.25) is 9.10 Å². The standard InChI is InChI=1S/C19H24N2O3S/c1-15(2)14-16-8-10-18(11-9-16)25(23,24)21(13-12-19(20)22)17-6-4-3-5-7-17/h3-11,15H,12-14H2,1-2H3,(H2,20,22). The second kappa shape index (κ2) is 8.16. The van der Waals surface area contributed by atoms with E-state index in [0.717, 1.165) is 12.0 Å². The number of anilines is 1. The molecule has 2 aromatic rings. The molecule has 0 unspecified atom stereocenters. The highest BCUT2D eigenvalue weighted by molar-refractivity contribution is 7.92. The van der Waals surface area contributed by atoms with Crippen molar-refractivity contribution in [3.8, 4) is 0 Å². The van der Waals surface area contributed by atoms with Crippen LogP contribution in [-0.2, 0) is 21.2 Å². The molecule has 1 amide bonds. The third kappa shape index (κ3) is 5.06. The van der Waals surface area contributed by atoms with E-state index in [1.807, 2.05) is 18.2 Å². The topological polar surface area (TPSA) is 80.5 Å². The average Bonchev–Trinajstić information content (AvgIpc) is 2.55. The number of hydrogen-bond donors (Lipinski definition) is 1. The van der Waals surface area contributed by atoms with Gasteiger partial charge in [0.25, 0.3) is 10.0 Å². The molecule has 0 saturated carbocycles. The summed E-state index contributed by atoms with van der Waals surface area (Å²) in [5.74, 6) is -0.0396. The number of carbonyl (C=O) groups excluding carboxylic acids is 1. The maximum absolute atomic E-state index is 13.1. The van der Waals surface area contributed by atoms with Gasteiger partial charge in [0.1, 0.15) is 0 Å². The summed E-state index contributed by atoms with van der Waals surface area (Å²) in [4.78, 5) is 11.3. The Morgan fingerprint density at radius 1 is 1.04 bits per heavy atom. The summed E-state index contributed by atoms with van der Waals surface area (Å²) in [5.41, 5.74) is 6.81. The summed E-state index contributed by atoms with van der Waals surface area (Å²) >= 11 is 0. The Kier molecular flexibility index (Phi) is 6.20. The number of sulfonamides is 1. The van der Waals surface area contributed by atoms with Crippen LogP contribution in [0.1, 0.15) is 25.8 Å². The van der Waals surface area contributed by atoms with Crippen molar-refractivity contribution in [2.75, 3.05) is 10.8 Å². The van der Waals surface area contributed by atoms with Crippen molar-refractivity contribution in [3.63, 3.8) is 0 Å². The Hall–Kier alpha value is -2.34. The minimum Gasteiger partial charge on any atom is -0.370 e. The molecule has 0 aliphatic rings. The zero-order valence-electron chi connectivity index (χ0n) is 14.6. The number of amides is 1. The largest absolute Gasteiger partial charge is 0.370 e. The molecule has 0 bridgehead atoms. The normalized spacial score (nSPS) is 11.5. The summed E-state index contributed by atoms with van der Waals surface area (Å²) < 4.78 is 27.3. The number of para-hydroxylation sites is 1. The van der Waals surface area contributed by atoms with Crippen LogP contribution in [-0.4, -0.2) is 20.9 Å². The van der Waals surface area contributed by atoms with Gasteiger partial charge >= 0.3 is 0 Å². The molecule has 0 saturated heterocycles. The van der Waals surface area contributed by atoms with Crippen LogP contribution in [0.5, 0.6) is 0 Å². The highest BCUT2D eigenvalue weighted by atomic mass is 32.2. The van der Waals surface area contributed by atoms with E-state index in [1.165, 1.54) is 4.31 Å². The molecule has 0 spiro atoms. The fraction of sp³-hybridized carbons (Fsp3) is 0.316. The van der Waals surface area contributed by atoms with Crippen molar-refractivity contribution >= 4 is 21.6 Å². The first kappa shape index (κ1) is 19.0. The summed E-state index contributed by atoms with van der Waals surface area (Å²) in [6.45, 7) is 4.24. The molecule has 0 aliphatic carbocycles. The van der Waals surface area contributed by atoms with Gasteiger partial charge in [0.05, 0.1) is 10.6 Å². The first-order valence-electron chi connectivity index (χ1n) is 8.25. The molecule has 5 nitrogen and oxygen atoms in total. The number of rotatable bonds is 8. The van der Waals surface area contributed by atoms with Crippen molar-refractivity contribution in [3.05, 3.63) is 60.2 Å². The number of carbonyl (C=O) groups is 1. The van der Waals surface area contributed by atoms with E-state index in [1.54, 1.807) is 36.4 Å². The van der Waals surface area contributed by atoms with E-state index in [-0.39, 0.29) is 17.9 Å². The van der Waals surface area contributed by atoms with E-state index >= 15 is 0 Å². The second-order valence-electron chi connectivity index (χ2n) is 6.37. The SMILES string of the molecule is CC(C)Cc1ccc(S(=O)(=O)N(CCC(N)=O)c2ccccc2)cc1. The van der Waals surface area contributed by atoms with Gasteiger partial charge in [-0.05, 0) is 42.2 Å². The Bertz CT molecular complexity index is 800. The lowest BCUT2D eigenvalue weighted by atomic mass is 10.0. The number of nitrogens with zero attached hydrogens (tertiary/aromatic N) is 1. The summed E-state index contributed by atoms with van der Waals surface area (Å²) in [7, 11) is -3.77. The van der Waals surface area contributed by atoms with Crippen molar-refractivity contribution < 1.29 is 13.2 Å². The maximum atomic E-state index is 13.1. The molecule has 0 fully saturated rings. The van der Waals surface area contributed by atoms with Crippen molar-refractivity contribution in [2.45, 2.75) is 31.6 Å². The Morgan fingerprint density at radius 2 is 1.64 bits per heavy atom. The van der Waals surface area contributed by atoms with Gasteiger partial charge in [0, 0.05) is 13.0 Å². The fourth-order valence-electron chi connectivity index (χ4n) is 2.59. The summed E-state index contributed by atoms with van der Waals surface area (Å²) in [5, 5.41) is 0. The highest BCUT2D eigenvalue weighted by Crippen LogP contribution is 2.24. The van der Waals surface area contributed by atoms with Crippen LogP contribution >= 0.6 is 0 Å². The van der Waals surface area contributed by atoms with Crippen molar-refractivity contribution in [1.82, 2.24) is 0 Å². The third-order valence-corrected chi connectivity index (χ3v) is 5.60. The smallest absolute Gasteiger partial charge is 0.264 e. The molecule has 25 heavy (non-hydrogen) atoms. The van der Waals surface area contributed by atoms with E-state index in [4.69, 9.17) is 5.73 Å². The van der Waals surface area contributed by atoms with Gasteiger partial charge in [0.15, 0.2) is 0 Å². The lowest BCUT2D eigenvalue weighted by Gasteiger charge is -2.24. The quantitative estimate of drug-likeness (QED) is 0.786. The average molecular weight is 360 g/mol. The summed E-state index contributed by atoms with van der Waals surface area (Å²) in [6, 6.07) is 15.6. The predicted molar refractivity (Wildman–Crippen MR) is 99.8 cm³/mol. The highest BCUT2D eigenvalue weighted by Gasteiger charge is 2.25. The van der Waals surface area contributed by atoms with Crippen LogP contribution in [0.3, 0.4) is 0 Å². The van der Waals surface area contributed by atoms with Crippen LogP contribution in [0, 0.1) is 5.92 Å². The van der Waals surface area contributed by atoms with Crippen LogP contribution in [0.2, 0.25) is 0 Å². The number of hydrogen-bond acceptors (Lipinski definition) is 3.